The highest BCUT2D eigenvalue weighted by atomic mass is 16.2. The number of nitrogens with one attached hydrogen (secondary N) is 3. The van der Waals surface area contributed by atoms with E-state index in [2.05, 4.69) is 35.8 Å². The van der Waals surface area contributed by atoms with Crippen molar-refractivity contribution in [1.82, 2.24) is 30.2 Å². The van der Waals surface area contributed by atoms with Crippen molar-refractivity contribution in [3.05, 3.63) is 60.9 Å². The van der Waals surface area contributed by atoms with Gasteiger partial charge in [0, 0.05) is 68.7 Å². The smallest absolute Gasteiger partial charge is 0.251 e. The van der Waals surface area contributed by atoms with Gasteiger partial charge in [-0.25, -0.2) is 15.0 Å². The molecule has 0 spiro atoms. The van der Waals surface area contributed by atoms with E-state index in [1.807, 2.05) is 16.8 Å². The Balaban J connectivity index is 1.17. The first-order valence-electron chi connectivity index (χ1n) is 11.5. The van der Waals surface area contributed by atoms with Gasteiger partial charge in [-0.3, -0.25) is 19.0 Å². The summed E-state index contributed by atoms with van der Waals surface area (Å²) >= 11 is 0. The first-order chi connectivity index (χ1) is 17.0. The Bertz CT molecular complexity index is 1160. The summed E-state index contributed by atoms with van der Waals surface area (Å²) in [7, 11) is 0. The van der Waals surface area contributed by atoms with Gasteiger partial charge in [0.05, 0.1) is 0 Å². The fourth-order valence-corrected chi connectivity index (χ4v) is 3.93. The number of aromatic nitrogens is 4. The first kappa shape index (κ1) is 23.9. The Morgan fingerprint density at radius 1 is 1.00 bits per heavy atom. The number of carbonyl (C=O) groups excluding carboxylic acids is 3. The lowest BCUT2D eigenvalue weighted by atomic mass is 9.96. The maximum atomic E-state index is 12.6. The zero-order valence-electron chi connectivity index (χ0n) is 19.5. The summed E-state index contributed by atoms with van der Waals surface area (Å²) in [6.45, 7) is 3.56. The van der Waals surface area contributed by atoms with Crippen molar-refractivity contribution in [3.63, 3.8) is 0 Å². The molecular formula is C24H28N8O3. The fraction of sp³-hybridized carbons (Fsp3) is 0.333. The summed E-state index contributed by atoms with van der Waals surface area (Å²) < 4.78 is 1.82. The van der Waals surface area contributed by atoms with E-state index in [0.717, 1.165) is 37.6 Å². The van der Waals surface area contributed by atoms with Gasteiger partial charge in [-0.05, 0) is 37.1 Å². The van der Waals surface area contributed by atoms with Gasteiger partial charge < -0.3 is 20.9 Å². The van der Waals surface area contributed by atoms with Crippen LogP contribution in [0.5, 0.6) is 0 Å². The normalized spacial score (nSPS) is 13.8. The molecule has 0 atom stereocenters. The highest BCUT2D eigenvalue weighted by Crippen LogP contribution is 2.22. The average Bonchev–Trinajstić information content (AvgIpc) is 3.42. The van der Waals surface area contributed by atoms with Crippen LogP contribution in [0.3, 0.4) is 0 Å². The molecule has 1 aliphatic rings. The minimum atomic E-state index is -0.234. The molecule has 3 heterocycles. The quantitative estimate of drug-likeness (QED) is 0.418. The lowest BCUT2D eigenvalue weighted by molar-refractivity contribution is -0.125. The van der Waals surface area contributed by atoms with Crippen molar-refractivity contribution >= 4 is 29.2 Å². The van der Waals surface area contributed by atoms with Gasteiger partial charge in [-0.1, -0.05) is 0 Å². The summed E-state index contributed by atoms with van der Waals surface area (Å²) in [6, 6.07) is 8.54. The van der Waals surface area contributed by atoms with Crippen LogP contribution < -0.4 is 20.9 Å². The molecule has 1 fully saturated rings. The van der Waals surface area contributed by atoms with Crippen LogP contribution in [-0.2, 0) is 9.59 Å². The van der Waals surface area contributed by atoms with Gasteiger partial charge >= 0.3 is 0 Å². The van der Waals surface area contributed by atoms with Crippen molar-refractivity contribution in [2.75, 3.05) is 36.4 Å². The van der Waals surface area contributed by atoms with Crippen LogP contribution in [0.2, 0.25) is 0 Å². The molecule has 0 radical (unpaired) electrons. The van der Waals surface area contributed by atoms with E-state index in [1.165, 1.54) is 13.3 Å². The van der Waals surface area contributed by atoms with Gasteiger partial charge in [0.15, 0.2) is 0 Å². The largest absolute Gasteiger partial charge is 0.356 e. The molecule has 3 amide bonds. The van der Waals surface area contributed by atoms with Crippen LogP contribution >= 0.6 is 0 Å². The molecule has 0 aliphatic carbocycles. The second-order valence-electron chi connectivity index (χ2n) is 8.27. The zero-order chi connectivity index (χ0) is 24.6. The van der Waals surface area contributed by atoms with E-state index >= 15 is 0 Å². The number of rotatable bonds is 8. The Labute approximate surface area is 203 Å². The molecule has 0 saturated carbocycles. The molecule has 0 bridgehead atoms. The molecule has 1 aromatic carbocycles. The number of anilines is 2. The van der Waals surface area contributed by atoms with Crippen LogP contribution in [0.25, 0.3) is 5.82 Å². The molecule has 4 rings (SSSR count). The summed E-state index contributed by atoms with van der Waals surface area (Å²) in [4.78, 5) is 50.8. The monoisotopic (exact) mass is 476 g/mol. The van der Waals surface area contributed by atoms with E-state index in [-0.39, 0.29) is 23.6 Å². The molecule has 3 N–H and O–H groups in total. The highest BCUT2D eigenvalue weighted by Gasteiger charge is 2.25. The molecule has 0 unspecified atom stereocenters. The Kier molecular flexibility index (Phi) is 7.66. The Hall–Kier alpha value is -4.28. The summed E-state index contributed by atoms with van der Waals surface area (Å²) in [5.41, 5.74) is 1.12. The van der Waals surface area contributed by atoms with Gasteiger partial charge in [0.1, 0.15) is 24.3 Å². The number of piperidine rings is 1. The molecule has 11 nitrogen and oxygen atoms in total. The zero-order valence-corrected chi connectivity index (χ0v) is 19.5. The molecule has 2 aromatic heterocycles. The maximum Gasteiger partial charge on any atom is 0.251 e. The van der Waals surface area contributed by atoms with Crippen molar-refractivity contribution in [2.24, 2.45) is 5.92 Å². The van der Waals surface area contributed by atoms with E-state index in [0.29, 0.717) is 24.3 Å². The van der Waals surface area contributed by atoms with Crippen LogP contribution in [0, 0.1) is 5.92 Å². The van der Waals surface area contributed by atoms with Crippen molar-refractivity contribution in [3.8, 4) is 5.82 Å². The molecular weight excluding hydrogens is 448 g/mol. The lowest BCUT2D eigenvalue weighted by Crippen LogP contribution is -2.42. The number of hydrogen-bond donors (Lipinski definition) is 3. The predicted molar refractivity (Wildman–Crippen MR) is 130 cm³/mol. The number of amides is 3. The minimum absolute atomic E-state index is 0.000325. The van der Waals surface area contributed by atoms with E-state index < -0.39 is 0 Å². The minimum Gasteiger partial charge on any atom is -0.356 e. The number of nitrogens with zero attached hydrogens (tertiary/aromatic N) is 5. The summed E-state index contributed by atoms with van der Waals surface area (Å²) in [5.74, 6) is 1.10. The molecule has 1 aliphatic heterocycles. The highest BCUT2D eigenvalue weighted by molar-refractivity contribution is 5.95. The number of benzene rings is 1. The van der Waals surface area contributed by atoms with Crippen LogP contribution in [0.1, 0.15) is 30.1 Å². The molecule has 35 heavy (non-hydrogen) atoms. The molecule has 1 saturated heterocycles. The third-order valence-electron chi connectivity index (χ3n) is 5.77. The third kappa shape index (κ3) is 6.40. The summed E-state index contributed by atoms with van der Waals surface area (Å²) in [6.07, 6.45) is 8.20. The van der Waals surface area contributed by atoms with Crippen LogP contribution in [0.15, 0.2) is 55.4 Å². The van der Waals surface area contributed by atoms with Gasteiger partial charge in [0.25, 0.3) is 5.91 Å². The topological polar surface area (TPSA) is 134 Å². The summed E-state index contributed by atoms with van der Waals surface area (Å²) in [5, 5.41) is 8.37. The number of hydrogen-bond acceptors (Lipinski definition) is 7. The van der Waals surface area contributed by atoms with Crippen LogP contribution in [0.4, 0.5) is 11.5 Å². The predicted octanol–water partition coefficient (Wildman–Crippen LogP) is 1.38. The maximum absolute atomic E-state index is 12.6. The second-order valence-corrected chi connectivity index (χ2v) is 8.27. The van der Waals surface area contributed by atoms with E-state index in [4.69, 9.17) is 0 Å². The molecule has 3 aromatic rings. The van der Waals surface area contributed by atoms with Gasteiger partial charge in [-0.15, -0.1) is 0 Å². The molecule has 11 heteroatoms. The van der Waals surface area contributed by atoms with Crippen molar-refractivity contribution in [2.45, 2.75) is 19.8 Å². The Morgan fingerprint density at radius 3 is 2.40 bits per heavy atom. The SMILES string of the molecule is CC(=O)Nc1ccc(C(=O)NCCNC(=O)C2CCN(c3cc(-n4ccnc4)ncn3)CC2)cc1. The van der Waals surface area contributed by atoms with Gasteiger partial charge in [0.2, 0.25) is 11.8 Å². The second kappa shape index (κ2) is 11.2. The van der Waals surface area contributed by atoms with Crippen LogP contribution in [-0.4, -0.2) is 63.4 Å². The van der Waals surface area contributed by atoms with Gasteiger partial charge in [-0.2, -0.15) is 0 Å². The van der Waals surface area contributed by atoms with Crippen molar-refractivity contribution < 1.29 is 14.4 Å². The van der Waals surface area contributed by atoms with Crippen molar-refractivity contribution in [1.29, 1.82) is 0 Å². The fourth-order valence-electron chi connectivity index (χ4n) is 3.93. The standard InChI is InChI=1S/C24H28N8O3/c1-17(33)30-20-4-2-18(3-5-20)23(34)26-8-9-27-24(35)19-6-11-31(12-7-19)21-14-22(29-15-28-21)32-13-10-25-16-32/h2-5,10,13-16,19H,6-9,11-12H2,1H3,(H,26,34)(H,27,35)(H,30,33). The third-order valence-corrected chi connectivity index (χ3v) is 5.77. The van der Waals surface area contributed by atoms with E-state index in [1.54, 1.807) is 36.8 Å². The number of imidazole rings is 1. The number of carbonyl (C=O) groups is 3. The first-order valence-corrected chi connectivity index (χ1v) is 11.5. The lowest BCUT2D eigenvalue weighted by Gasteiger charge is -2.32. The average molecular weight is 477 g/mol. The molecule has 182 valence electrons. The Morgan fingerprint density at radius 2 is 1.71 bits per heavy atom. The van der Waals surface area contributed by atoms with E-state index in [9.17, 15) is 14.4 Å².